The van der Waals surface area contributed by atoms with Crippen molar-refractivity contribution in [3.05, 3.63) is 24.0 Å². The summed E-state index contributed by atoms with van der Waals surface area (Å²) in [6.07, 6.45) is 2.25. The van der Waals surface area contributed by atoms with Gasteiger partial charge in [-0.2, -0.15) is 15.0 Å². The standard InChI is InChI=1S/C21H27FN8O3S/c1-3-30-8-4-5-13(30)10-23-18-27-19(24-11-16-17(31)26-21(32)34-16)29-20(28-18)25-12-6-7-15(33-2)14(22)9-12/h6-7,9,13,16H,3-5,8,10-11H2,1-2H3,(H,26,31,32)(H3,23,24,25,27,28,29). The molecule has 2 atom stereocenters. The minimum Gasteiger partial charge on any atom is -0.494 e. The van der Waals surface area contributed by atoms with Gasteiger partial charge < -0.3 is 20.7 Å². The molecular weight excluding hydrogens is 463 g/mol. The van der Waals surface area contributed by atoms with Gasteiger partial charge in [0.25, 0.3) is 5.24 Å². The molecule has 2 saturated heterocycles. The van der Waals surface area contributed by atoms with Crippen LogP contribution in [0, 0.1) is 5.82 Å². The molecule has 0 radical (unpaired) electrons. The van der Waals surface area contributed by atoms with Crippen molar-refractivity contribution in [2.45, 2.75) is 31.1 Å². The zero-order valence-corrected chi connectivity index (χ0v) is 19.7. The lowest BCUT2D eigenvalue weighted by Gasteiger charge is -2.23. The van der Waals surface area contributed by atoms with Crippen LogP contribution in [-0.2, 0) is 4.79 Å². The highest BCUT2D eigenvalue weighted by Crippen LogP contribution is 2.24. The van der Waals surface area contributed by atoms with Crippen LogP contribution in [-0.4, -0.2) is 75.6 Å². The molecule has 2 fully saturated rings. The predicted octanol–water partition coefficient (Wildman–Crippen LogP) is 2.42. The van der Waals surface area contributed by atoms with Crippen molar-refractivity contribution in [2.24, 2.45) is 0 Å². The number of nitrogens with zero attached hydrogens (tertiary/aromatic N) is 4. The van der Waals surface area contributed by atoms with Gasteiger partial charge in [-0.3, -0.25) is 19.8 Å². The molecule has 2 aliphatic rings. The number of rotatable bonds is 10. The summed E-state index contributed by atoms with van der Waals surface area (Å²) in [7, 11) is 1.40. The number of halogens is 1. The van der Waals surface area contributed by atoms with Crippen LogP contribution in [0.5, 0.6) is 5.75 Å². The van der Waals surface area contributed by atoms with Gasteiger partial charge >= 0.3 is 0 Å². The highest BCUT2D eigenvalue weighted by atomic mass is 32.2. The van der Waals surface area contributed by atoms with E-state index in [2.05, 4.69) is 48.0 Å². The van der Waals surface area contributed by atoms with Gasteiger partial charge in [-0.05, 0) is 49.8 Å². The first kappa shape index (κ1) is 24.0. The molecule has 34 heavy (non-hydrogen) atoms. The number of anilines is 4. The van der Waals surface area contributed by atoms with Crippen LogP contribution in [0.3, 0.4) is 0 Å². The molecule has 0 saturated carbocycles. The first-order valence-electron chi connectivity index (χ1n) is 11.0. The number of hydrogen-bond donors (Lipinski definition) is 4. The van der Waals surface area contributed by atoms with E-state index in [1.165, 1.54) is 19.2 Å². The fourth-order valence-electron chi connectivity index (χ4n) is 3.93. The average molecular weight is 491 g/mol. The van der Waals surface area contributed by atoms with E-state index in [1.807, 2.05) is 0 Å². The van der Waals surface area contributed by atoms with E-state index in [0.717, 1.165) is 37.7 Å². The van der Waals surface area contributed by atoms with Crippen LogP contribution >= 0.6 is 11.8 Å². The lowest BCUT2D eigenvalue weighted by molar-refractivity contribution is -0.118. The van der Waals surface area contributed by atoms with E-state index in [9.17, 15) is 14.0 Å². The zero-order valence-electron chi connectivity index (χ0n) is 18.9. The van der Waals surface area contributed by atoms with Gasteiger partial charge in [0.05, 0.1) is 7.11 Å². The maximum atomic E-state index is 14.1. The molecule has 11 nitrogen and oxygen atoms in total. The largest absolute Gasteiger partial charge is 0.494 e. The monoisotopic (exact) mass is 490 g/mol. The molecule has 1 aromatic carbocycles. The molecule has 0 bridgehead atoms. The lowest BCUT2D eigenvalue weighted by Crippen LogP contribution is -2.35. The number of carbonyl (C=O) groups is 2. The number of carbonyl (C=O) groups excluding carboxylic acids is 2. The normalized spacial score (nSPS) is 20.3. The number of methoxy groups -OCH3 is 1. The Bertz CT molecular complexity index is 1060. The van der Waals surface area contributed by atoms with Crippen molar-refractivity contribution in [3.8, 4) is 5.75 Å². The Morgan fingerprint density at radius 3 is 2.56 bits per heavy atom. The van der Waals surface area contributed by atoms with Crippen LogP contribution in [0.4, 0.5) is 32.7 Å². The number of nitrogens with one attached hydrogen (secondary N) is 4. The summed E-state index contributed by atoms with van der Waals surface area (Å²) in [5, 5.41) is 10.6. The minimum atomic E-state index is -0.579. The first-order chi connectivity index (χ1) is 16.4. The van der Waals surface area contributed by atoms with E-state index in [0.29, 0.717) is 24.2 Å². The molecule has 1 aromatic heterocycles. The number of thioether (sulfide) groups is 1. The fourth-order valence-corrected chi connectivity index (χ4v) is 4.68. The first-order valence-corrected chi connectivity index (χ1v) is 11.9. The maximum Gasteiger partial charge on any atom is 0.286 e. The molecular formula is C21H27FN8O3S. The third-order valence-corrected chi connectivity index (χ3v) is 6.64. The molecule has 2 amide bonds. The molecule has 0 spiro atoms. The van der Waals surface area contributed by atoms with Crippen molar-refractivity contribution >= 4 is 46.4 Å². The second kappa shape index (κ2) is 10.8. The molecule has 3 heterocycles. The van der Waals surface area contributed by atoms with Crippen LogP contribution in [0.2, 0.25) is 0 Å². The second-order valence-electron chi connectivity index (χ2n) is 7.85. The summed E-state index contributed by atoms with van der Waals surface area (Å²) in [5.41, 5.74) is 0.436. The van der Waals surface area contributed by atoms with Crippen molar-refractivity contribution in [1.82, 2.24) is 25.2 Å². The molecule has 13 heteroatoms. The number of ether oxygens (including phenoxy) is 1. The Hall–Kier alpha value is -3.19. The molecule has 4 N–H and O–H groups in total. The van der Waals surface area contributed by atoms with Crippen molar-refractivity contribution in [3.63, 3.8) is 0 Å². The average Bonchev–Trinajstić information content (AvgIpc) is 3.41. The summed E-state index contributed by atoms with van der Waals surface area (Å²) in [6, 6.07) is 4.82. The zero-order chi connectivity index (χ0) is 24.1. The predicted molar refractivity (Wildman–Crippen MR) is 128 cm³/mol. The van der Waals surface area contributed by atoms with Gasteiger partial charge in [0.15, 0.2) is 11.6 Å². The van der Waals surface area contributed by atoms with Gasteiger partial charge in [-0.1, -0.05) is 6.92 Å². The Kier molecular flexibility index (Phi) is 7.63. The Balaban J connectivity index is 1.50. The van der Waals surface area contributed by atoms with Crippen LogP contribution in [0.1, 0.15) is 19.8 Å². The van der Waals surface area contributed by atoms with E-state index in [1.54, 1.807) is 6.07 Å². The van der Waals surface area contributed by atoms with Crippen LogP contribution in [0.15, 0.2) is 18.2 Å². The molecule has 0 aliphatic carbocycles. The SMILES string of the molecule is CCN1CCCC1CNc1nc(NCC2SC(=O)NC2=O)nc(Nc2ccc(OC)c(F)c2)n1. The van der Waals surface area contributed by atoms with Gasteiger partial charge in [-0.15, -0.1) is 0 Å². The van der Waals surface area contributed by atoms with E-state index in [-0.39, 0.29) is 35.3 Å². The second-order valence-corrected chi connectivity index (χ2v) is 9.03. The summed E-state index contributed by atoms with van der Waals surface area (Å²) < 4.78 is 19.1. The number of imide groups is 1. The highest BCUT2D eigenvalue weighted by molar-refractivity contribution is 8.15. The minimum absolute atomic E-state index is 0.129. The molecule has 2 aromatic rings. The smallest absolute Gasteiger partial charge is 0.286 e. The van der Waals surface area contributed by atoms with Gasteiger partial charge in [0.1, 0.15) is 5.25 Å². The molecule has 182 valence electrons. The van der Waals surface area contributed by atoms with Gasteiger partial charge in [0.2, 0.25) is 23.8 Å². The Morgan fingerprint density at radius 1 is 1.18 bits per heavy atom. The van der Waals surface area contributed by atoms with E-state index < -0.39 is 11.1 Å². The van der Waals surface area contributed by atoms with Gasteiger partial charge in [-0.25, -0.2) is 4.39 Å². The Labute approximate surface area is 200 Å². The number of amides is 2. The van der Waals surface area contributed by atoms with Crippen molar-refractivity contribution in [2.75, 3.05) is 49.2 Å². The van der Waals surface area contributed by atoms with Crippen LogP contribution in [0.25, 0.3) is 0 Å². The fraction of sp³-hybridized carbons (Fsp3) is 0.476. The number of hydrogen-bond acceptors (Lipinski definition) is 11. The third-order valence-electron chi connectivity index (χ3n) is 5.66. The van der Waals surface area contributed by atoms with E-state index >= 15 is 0 Å². The number of aromatic nitrogens is 3. The summed E-state index contributed by atoms with van der Waals surface area (Å²) in [4.78, 5) is 38.9. The van der Waals surface area contributed by atoms with Crippen molar-refractivity contribution < 1.29 is 18.7 Å². The summed E-state index contributed by atoms with van der Waals surface area (Å²) in [6.45, 7) is 5.02. The number of likely N-dealkylation sites (tertiary alicyclic amines) is 1. The number of likely N-dealkylation sites (N-methyl/N-ethyl adjacent to an activating group) is 1. The molecule has 4 rings (SSSR count). The maximum absolute atomic E-state index is 14.1. The summed E-state index contributed by atoms with van der Waals surface area (Å²) in [5.74, 6) is 0.0146. The molecule has 2 unspecified atom stereocenters. The molecule has 2 aliphatic heterocycles. The quantitative estimate of drug-likeness (QED) is 0.391. The van der Waals surface area contributed by atoms with E-state index in [4.69, 9.17) is 4.74 Å². The number of benzene rings is 1. The summed E-state index contributed by atoms with van der Waals surface area (Å²) >= 11 is 0.915. The van der Waals surface area contributed by atoms with Gasteiger partial charge in [0, 0.05) is 30.9 Å². The van der Waals surface area contributed by atoms with Crippen LogP contribution < -0.4 is 26.0 Å². The highest BCUT2D eigenvalue weighted by Gasteiger charge is 2.31. The third kappa shape index (κ3) is 5.83. The van der Waals surface area contributed by atoms with Crippen molar-refractivity contribution in [1.29, 1.82) is 0 Å². The lowest BCUT2D eigenvalue weighted by atomic mass is 10.2. The topological polar surface area (TPSA) is 133 Å². The Morgan fingerprint density at radius 2 is 1.91 bits per heavy atom.